The number of hydrogen-bond acceptors (Lipinski definition) is 3. The van der Waals surface area contributed by atoms with E-state index in [1.54, 1.807) is 0 Å². The summed E-state index contributed by atoms with van der Waals surface area (Å²) < 4.78 is 0. The van der Waals surface area contributed by atoms with E-state index in [1.807, 2.05) is 0 Å². The van der Waals surface area contributed by atoms with Gasteiger partial charge in [0.1, 0.15) is 5.41 Å². The first-order valence-corrected chi connectivity index (χ1v) is 7.44. The van der Waals surface area contributed by atoms with E-state index in [4.69, 9.17) is 0 Å². The molecule has 0 bridgehead atoms. The molecule has 0 aromatic heterocycles. The Hall–Kier alpha value is -2.37. The normalized spacial score (nSPS) is 27.0. The van der Waals surface area contributed by atoms with E-state index in [-0.39, 0.29) is 32.2 Å². The summed E-state index contributed by atoms with van der Waals surface area (Å²) in [6.45, 7) is 10.8. The minimum absolute atomic E-state index is 0.0413. The zero-order chi connectivity index (χ0) is 17.7. The monoisotopic (exact) mass is 321 g/mol. The van der Waals surface area contributed by atoms with Crippen LogP contribution >= 0.6 is 0 Å². The first kappa shape index (κ1) is 18.7. The number of aliphatic carboxylic acids is 2. The maximum atomic E-state index is 12.4. The predicted molar refractivity (Wildman–Crippen MR) is 85.8 cm³/mol. The molecule has 0 radical (unpaired) electrons. The zero-order valence-corrected chi connectivity index (χ0v) is 13.2. The molecule has 1 fully saturated rings. The maximum absolute atomic E-state index is 12.4. The molecule has 1 aliphatic heterocycles. The molecule has 0 aromatic carbocycles. The van der Waals surface area contributed by atoms with Gasteiger partial charge in [0.05, 0.1) is 0 Å². The number of rotatable bonds is 8. The van der Waals surface area contributed by atoms with Crippen molar-refractivity contribution >= 4 is 17.8 Å². The van der Waals surface area contributed by atoms with Gasteiger partial charge in [0.15, 0.2) is 5.54 Å². The molecule has 0 unspecified atom stereocenters. The number of nitrogens with zero attached hydrogens (tertiary/aromatic N) is 1. The number of carbonyl (C=O) groups is 3. The molecule has 1 heterocycles. The molecule has 0 saturated carbocycles. The van der Waals surface area contributed by atoms with Crippen LogP contribution in [0.5, 0.6) is 0 Å². The Morgan fingerprint density at radius 1 is 1.00 bits per heavy atom. The third-order valence-electron chi connectivity index (χ3n) is 4.55. The molecule has 23 heavy (non-hydrogen) atoms. The highest BCUT2D eigenvalue weighted by Gasteiger charge is 2.65. The number of likely N-dealkylation sites (tertiary alicyclic amines) is 1. The van der Waals surface area contributed by atoms with Crippen molar-refractivity contribution in [2.45, 2.75) is 37.6 Å². The van der Waals surface area contributed by atoms with Gasteiger partial charge in [0, 0.05) is 19.4 Å². The molecular formula is C17H23NO5. The number of amides is 1. The minimum atomic E-state index is -1.88. The molecule has 126 valence electrons. The quantitative estimate of drug-likeness (QED) is 0.669. The summed E-state index contributed by atoms with van der Waals surface area (Å²) in [4.78, 5) is 37.9. The Kier molecular flexibility index (Phi) is 5.90. The topological polar surface area (TPSA) is 94.9 Å². The van der Waals surface area contributed by atoms with E-state index in [2.05, 4.69) is 19.7 Å². The van der Waals surface area contributed by atoms with Crippen LogP contribution in [0.1, 0.15) is 32.1 Å². The van der Waals surface area contributed by atoms with Crippen LogP contribution in [0, 0.1) is 5.41 Å². The van der Waals surface area contributed by atoms with Crippen molar-refractivity contribution in [2.75, 3.05) is 6.54 Å². The second kappa shape index (κ2) is 7.26. The lowest BCUT2D eigenvalue weighted by atomic mass is 9.60. The van der Waals surface area contributed by atoms with Gasteiger partial charge in [-0.25, -0.2) is 4.79 Å². The van der Waals surface area contributed by atoms with Gasteiger partial charge in [-0.05, 0) is 19.3 Å². The first-order valence-electron chi connectivity index (χ1n) is 7.44. The molecule has 0 spiro atoms. The summed E-state index contributed by atoms with van der Waals surface area (Å²) >= 11 is 0. The van der Waals surface area contributed by atoms with Crippen LogP contribution in [0.15, 0.2) is 38.0 Å². The third-order valence-corrected chi connectivity index (χ3v) is 4.55. The Morgan fingerprint density at radius 2 is 1.61 bits per heavy atom. The Bertz CT molecular complexity index is 541. The summed E-state index contributed by atoms with van der Waals surface area (Å²) in [6, 6.07) is 0. The van der Waals surface area contributed by atoms with Crippen LogP contribution in [-0.4, -0.2) is 45.0 Å². The van der Waals surface area contributed by atoms with Gasteiger partial charge in [0.2, 0.25) is 5.91 Å². The van der Waals surface area contributed by atoms with Crippen molar-refractivity contribution in [1.82, 2.24) is 4.90 Å². The van der Waals surface area contributed by atoms with E-state index >= 15 is 0 Å². The third kappa shape index (κ3) is 2.81. The number of carbonyl (C=O) groups excluding carboxylic acids is 1. The molecule has 2 atom stereocenters. The van der Waals surface area contributed by atoms with Crippen LogP contribution in [0.2, 0.25) is 0 Å². The number of carboxylic acids is 2. The number of piperidine rings is 1. The van der Waals surface area contributed by atoms with Crippen molar-refractivity contribution in [3.05, 3.63) is 38.0 Å². The van der Waals surface area contributed by atoms with Gasteiger partial charge in [0.25, 0.3) is 0 Å². The lowest BCUT2D eigenvalue weighted by molar-refractivity contribution is -0.188. The molecule has 6 nitrogen and oxygen atoms in total. The smallest absolute Gasteiger partial charge is 0.331 e. The molecule has 0 aromatic rings. The average molecular weight is 321 g/mol. The lowest BCUT2D eigenvalue weighted by Crippen LogP contribution is -2.71. The highest BCUT2D eigenvalue weighted by Crippen LogP contribution is 2.50. The lowest BCUT2D eigenvalue weighted by Gasteiger charge is -2.54. The van der Waals surface area contributed by atoms with Crippen LogP contribution in [-0.2, 0) is 14.4 Å². The average Bonchev–Trinajstić information content (AvgIpc) is 2.48. The minimum Gasteiger partial charge on any atom is -0.481 e. The summed E-state index contributed by atoms with van der Waals surface area (Å²) in [5.74, 6) is -3.02. The molecule has 0 aliphatic carbocycles. The molecule has 1 amide bonds. The van der Waals surface area contributed by atoms with E-state index in [1.165, 1.54) is 23.1 Å². The van der Waals surface area contributed by atoms with E-state index < -0.39 is 28.8 Å². The van der Waals surface area contributed by atoms with Gasteiger partial charge in [-0.3, -0.25) is 9.59 Å². The second-order valence-electron chi connectivity index (χ2n) is 5.68. The molecule has 2 N–H and O–H groups in total. The fraction of sp³-hybridized carbons (Fsp3) is 0.471. The zero-order valence-electron chi connectivity index (χ0n) is 13.2. The van der Waals surface area contributed by atoms with Crippen molar-refractivity contribution in [3.8, 4) is 0 Å². The Morgan fingerprint density at radius 3 is 2.04 bits per heavy atom. The summed E-state index contributed by atoms with van der Waals surface area (Å²) in [6.07, 6.45) is 4.47. The van der Waals surface area contributed by atoms with Crippen LogP contribution < -0.4 is 0 Å². The summed E-state index contributed by atoms with van der Waals surface area (Å²) in [5, 5.41) is 19.8. The van der Waals surface area contributed by atoms with Crippen molar-refractivity contribution in [2.24, 2.45) is 5.41 Å². The van der Waals surface area contributed by atoms with Crippen LogP contribution in [0.4, 0.5) is 0 Å². The fourth-order valence-corrected chi connectivity index (χ4v) is 3.58. The number of allylic oxidation sites excluding steroid dienone is 1. The summed E-state index contributed by atoms with van der Waals surface area (Å²) in [5.41, 5.74) is -3.52. The largest absolute Gasteiger partial charge is 0.481 e. The van der Waals surface area contributed by atoms with Crippen LogP contribution in [0.25, 0.3) is 0 Å². The van der Waals surface area contributed by atoms with E-state index in [9.17, 15) is 24.6 Å². The van der Waals surface area contributed by atoms with Crippen molar-refractivity contribution in [3.63, 3.8) is 0 Å². The molecule has 1 saturated heterocycles. The predicted octanol–water partition coefficient (Wildman–Crippen LogP) is 2.23. The fourth-order valence-electron chi connectivity index (χ4n) is 3.58. The maximum Gasteiger partial charge on any atom is 0.331 e. The van der Waals surface area contributed by atoms with Gasteiger partial charge in [-0.1, -0.05) is 18.2 Å². The van der Waals surface area contributed by atoms with Gasteiger partial charge >= 0.3 is 11.9 Å². The SMILES string of the molecule is C=CCC(=O)N1CCC[C@](CC=C)(C(=O)O)[C@@]1(CC=C)C(=O)O. The van der Waals surface area contributed by atoms with Gasteiger partial charge in [-0.2, -0.15) is 0 Å². The Labute approximate surface area is 135 Å². The first-order chi connectivity index (χ1) is 10.8. The standard InChI is InChI=1S/C17H23NO5/c1-4-8-13(19)18-12-7-11-16(9-5-2,14(20)21)17(18,10-6-3)15(22)23/h4-6H,1-3,7-12H2,(H,20,21)(H,22,23)/t16-,17-/m1/s1. The molecular weight excluding hydrogens is 298 g/mol. The second-order valence-corrected chi connectivity index (χ2v) is 5.68. The summed E-state index contributed by atoms with van der Waals surface area (Å²) in [7, 11) is 0. The number of hydrogen-bond donors (Lipinski definition) is 2. The Balaban J connectivity index is 3.65. The van der Waals surface area contributed by atoms with Crippen molar-refractivity contribution < 1.29 is 24.6 Å². The highest BCUT2D eigenvalue weighted by atomic mass is 16.4. The van der Waals surface area contributed by atoms with Crippen LogP contribution in [0.3, 0.4) is 0 Å². The van der Waals surface area contributed by atoms with Gasteiger partial charge in [-0.15, -0.1) is 19.7 Å². The molecule has 1 rings (SSSR count). The molecule has 6 heteroatoms. The van der Waals surface area contributed by atoms with E-state index in [0.29, 0.717) is 6.42 Å². The van der Waals surface area contributed by atoms with Gasteiger partial charge < -0.3 is 15.1 Å². The molecule has 1 aliphatic rings. The number of carboxylic acid groups (broad SMARTS) is 2. The van der Waals surface area contributed by atoms with Crippen molar-refractivity contribution in [1.29, 1.82) is 0 Å². The highest BCUT2D eigenvalue weighted by molar-refractivity contribution is 5.95. The van der Waals surface area contributed by atoms with E-state index in [0.717, 1.165) is 0 Å².